The van der Waals surface area contributed by atoms with Crippen LogP contribution in [-0.2, 0) is 14.8 Å². The average molecular weight is 324 g/mol. The summed E-state index contributed by atoms with van der Waals surface area (Å²) in [5.41, 5.74) is -0.339. The Hall–Kier alpha value is -1.25. The van der Waals surface area contributed by atoms with Crippen LogP contribution < -0.4 is 5.32 Å². The van der Waals surface area contributed by atoms with E-state index in [1.807, 2.05) is 0 Å². The number of nitrogens with one attached hydrogen (secondary N) is 1. The Morgan fingerprint density at radius 2 is 2.09 bits per heavy atom. The zero-order valence-electron chi connectivity index (χ0n) is 12.3. The van der Waals surface area contributed by atoms with Gasteiger partial charge in [-0.2, -0.15) is 4.31 Å². The molecule has 1 saturated carbocycles. The van der Waals surface area contributed by atoms with Crippen LogP contribution in [0.15, 0.2) is 18.5 Å². The van der Waals surface area contributed by atoms with Gasteiger partial charge in [-0.1, -0.05) is 0 Å². The van der Waals surface area contributed by atoms with Gasteiger partial charge in [0.2, 0.25) is 16.0 Å². The van der Waals surface area contributed by atoms with Gasteiger partial charge in [0.05, 0.1) is 23.5 Å². The van der Waals surface area contributed by atoms with E-state index in [4.69, 9.17) is 4.74 Å². The predicted octanol–water partition coefficient (Wildman–Crippen LogP) is 0.614. The van der Waals surface area contributed by atoms with E-state index < -0.39 is 10.0 Å². The van der Waals surface area contributed by atoms with E-state index in [1.165, 1.54) is 0 Å². The van der Waals surface area contributed by atoms with E-state index in [2.05, 4.69) is 15.3 Å². The molecule has 1 N–H and O–H groups in total. The molecule has 120 valence electrons. The van der Waals surface area contributed by atoms with Crippen molar-refractivity contribution >= 4 is 16.0 Å². The smallest absolute Gasteiger partial charge is 0.222 e. The second-order valence-electron chi connectivity index (χ2n) is 6.44. The number of hydrogen-bond donors (Lipinski definition) is 1. The monoisotopic (exact) mass is 324 g/mol. The van der Waals surface area contributed by atoms with Gasteiger partial charge in [0.25, 0.3) is 0 Å². The molecule has 2 saturated heterocycles. The standard InChI is InChI=1S/C14H20N4O3S/c19-22(20,12-2-3-12)18-7-4-14(10-18)8-11(9-21-14)17-13-15-5-1-6-16-13/h1,5-6,11-12H,2-4,7-10H2,(H,15,16,17)/t11-,14+/m0/s1. The number of nitrogens with zero attached hydrogens (tertiary/aromatic N) is 3. The average Bonchev–Trinajstić information content (AvgIpc) is 3.20. The molecule has 3 heterocycles. The topological polar surface area (TPSA) is 84.4 Å². The van der Waals surface area contributed by atoms with E-state index >= 15 is 0 Å². The second kappa shape index (κ2) is 5.14. The number of rotatable bonds is 4. The lowest BCUT2D eigenvalue weighted by Crippen LogP contribution is -2.37. The van der Waals surface area contributed by atoms with Gasteiger partial charge in [-0.25, -0.2) is 18.4 Å². The van der Waals surface area contributed by atoms with Crippen LogP contribution in [0.25, 0.3) is 0 Å². The van der Waals surface area contributed by atoms with Crippen LogP contribution in [0.5, 0.6) is 0 Å². The van der Waals surface area contributed by atoms with Gasteiger partial charge in [0.1, 0.15) is 0 Å². The van der Waals surface area contributed by atoms with Gasteiger partial charge < -0.3 is 10.1 Å². The van der Waals surface area contributed by atoms with Crippen molar-refractivity contribution in [3.05, 3.63) is 18.5 Å². The van der Waals surface area contributed by atoms with Crippen molar-refractivity contribution in [3.8, 4) is 0 Å². The zero-order chi connectivity index (χ0) is 15.2. The van der Waals surface area contributed by atoms with Gasteiger partial charge in [0.15, 0.2) is 0 Å². The molecular formula is C14H20N4O3S. The second-order valence-corrected chi connectivity index (χ2v) is 8.65. The van der Waals surface area contributed by atoms with Crippen molar-refractivity contribution in [2.75, 3.05) is 25.0 Å². The maximum absolute atomic E-state index is 12.3. The number of sulfonamides is 1. The molecule has 0 unspecified atom stereocenters. The Balaban J connectivity index is 1.40. The van der Waals surface area contributed by atoms with Gasteiger partial charge in [-0.15, -0.1) is 0 Å². The highest BCUT2D eigenvalue weighted by Gasteiger charge is 2.51. The third-order valence-corrected chi connectivity index (χ3v) is 7.04. The first-order valence-electron chi connectivity index (χ1n) is 7.74. The number of hydrogen-bond acceptors (Lipinski definition) is 6. The maximum Gasteiger partial charge on any atom is 0.222 e. The molecule has 2 atom stereocenters. The highest BCUT2D eigenvalue weighted by molar-refractivity contribution is 7.90. The van der Waals surface area contributed by atoms with Crippen molar-refractivity contribution in [1.82, 2.24) is 14.3 Å². The highest BCUT2D eigenvalue weighted by Crippen LogP contribution is 2.40. The Morgan fingerprint density at radius 1 is 1.32 bits per heavy atom. The minimum absolute atomic E-state index is 0.131. The molecule has 22 heavy (non-hydrogen) atoms. The fourth-order valence-electron chi connectivity index (χ4n) is 3.38. The summed E-state index contributed by atoms with van der Waals surface area (Å²) >= 11 is 0. The molecule has 1 aliphatic carbocycles. The van der Waals surface area contributed by atoms with Crippen LogP contribution in [0.2, 0.25) is 0 Å². The molecule has 7 nitrogen and oxygen atoms in total. The van der Waals surface area contributed by atoms with Crippen LogP contribution in [0.3, 0.4) is 0 Å². The number of aromatic nitrogens is 2. The summed E-state index contributed by atoms with van der Waals surface area (Å²) in [6.45, 7) is 1.63. The Bertz CT molecular complexity index is 649. The summed E-state index contributed by atoms with van der Waals surface area (Å²) in [4.78, 5) is 8.32. The first-order chi connectivity index (χ1) is 10.6. The van der Waals surface area contributed by atoms with Crippen LogP contribution in [-0.4, -0.2) is 59.3 Å². The first-order valence-corrected chi connectivity index (χ1v) is 9.24. The summed E-state index contributed by atoms with van der Waals surface area (Å²) in [6, 6.07) is 1.90. The van der Waals surface area contributed by atoms with E-state index in [0.717, 1.165) is 25.7 Å². The largest absolute Gasteiger partial charge is 0.371 e. The molecule has 0 aromatic carbocycles. The zero-order valence-corrected chi connectivity index (χ0v) is 13.1. The third-order valence-electron chi connectivity index (χ3n) is 4.69. The lowest BCUT2D eigenvalue weighted by atomic mass is 9.97. The molecule has 0 amide bonds. The highest BCUT2D eigenvalue weighted by atomic mass is 32.2. The maximum atomic E-state index is 12.3. The van der Waals surface area contributed by atoms with Crippen molar-refractivity contribution in [2.24, 2.45) is 0 Å². The van der Waals surface area contributed by atoms with Gasteiger partial charge in [-0.05, 0) is 25.3 Å². The van der Waals surface area contributed by atoms with E-state index in [0.29, 0.717) is 25.6 Å². The number of anilines is 1. The molecule has 3 aliphatic rings. The molecule has 4 rings (SSSR count). The molecule has 1 spiro atoms. The molecule has 3 fully saturated rings. The van der Waals surface area contributed by atoms with Crippen molar-refractivity contribution < 1.29 is 13.2 Å². The van der Waals surface area contributed by atoms with Gasteiger partial charge in [-0.3, -0.25) is 0 Å². The molecular weight excluding hydrogens is 304 g/mol. The fraction of sp³-hybridized carbons (Fsp3) is 0.714. The van der Waals surface area contributed by atoms with E-state index in [1.54, 1.807) is 22.8 Å². The van der Waals surface area contributed by atoms with Gasteiger partial charge in [0, 0.05) is 31.9 Å². The molecule has 1 aromatic rings. The van der Waals surface area contributed by atoms with Crippen LogP contribution in [0.4, 0.5) is 5.95 Å². The van der Waals surface area contributed by atoms with Crippen LogP contribution in [0, 0.1) is 0 Å². The predicted molar refractivity (Wildman–Crippen MR) is 80.9 cm³/mol. The third kappa shape index (κ3) is 2.59. The van der Waals surface area contributed by atoms with Crippen molar-refractivity contribution in [1.29, 1.82) is 0 Å². The fourth-order valence-corrected chi connectivity index (χ4v) is 5.29. The summed E-state index contributed by atoms with van der Waals surface area (Å²) in [7, 11) is -3.10. The quantitative estimate of drug-likeness (QED) is 0.874. The summed E-state index contributed by atoms with van der Waals surface area (Å²) in [5.74, 6) is 0.591. The van der Waals surface area contributed by atoms with Crippen molar-refractivity contribution in [3.63, 3.8) is 0 Å². The first kappa shape index (κ1) is 14.3. The van der Waals surface area contributed by atoms with Crippen LogP contribution >= 0.6 is 0 Å². The van der Waals surface area contributed by atoms with Crippen LogP contribution in [0.1, 0.15) is 25.7 Å². The minimum atomic E-state index is -3.10. The lowest BCUT2D eigenvalue weighted by molar-refractivity contribution is 0.0173. The molecule has 8 heteroatoms. The van der Waals surface area contributed by atoms with Crippen molar-refractivity contribution in [2.45, 2.75) is 42.6 Å². The summed E-state index contributed by atoms with van der Waals surface area (Å²) in [5, 5.41) is 3.12. The SMILES string of the molecule is O=S(=O)(C1CC1)N1CC[C@@]2(C[C@H](Nc3ncccn3)CO2)C1. The number of ether oxygens (including phenoxy) is 1. The molecule has 0 radical (unpaired) electrons. The lowest BCUT2D eigenvalue weighted by Gasteiger charge is -2.23. The molecule has 0 bridgehead atoms. The van der Waals surface area contributed by atoms with E-state index in [-0.39, 0.29) is 16.9 Å². The molecule has 2 aliphatic heterocycles. The summed E-state index contributed by atoms with van der Waals surface area (Å²) in [6.07, 6.45) is 6.57. The minimum Gasteiger partial charge on any atom is -0.371 e. The Kier molecular flexibility index (Phi) is 3.35. The van der Waals surface area contributed by atoms with Gasteiger partial charge >= 0.3 is 0 Å². The Labute approximate surface area is 130 Å². The molecule has 1 aromatic heterocycles. The normalized spacial score (nSPS) is 32.6. The summed E-state index contributed by atoms with van der Waals surface area (Å²) < 4.78 is 32.3. The Morgan fingerprint density at radius 3 is 2.82 bits per heavy atom. The van der Waals surface area contributed by atoms with E-state index in [9.17, 15) is 8.42 Å².